The molecule has 0 unspecified atom stereocenters. The van der Waals surface area contributed by atoms with Crippen molar-refractivity contribution in [3.05, 3.63) is 68.0 Å². The Hall–Kier alpha value is -1.47. The van der Waals surface area contributed by atoms with Gasteiger partial charge in [0.25, 0.3) is 5.56 Å². The first kappa shape index (κ1) is 17.6. The fraction of sp³-hybridized carbons (Fsp3) is 0.214. The normalized spacial score (nSPS) is 10.0. The van der Waals surface area contributed by atoms with E-state index in [9.17, 15) is 14.4 Å². The predicted molar refractivity (Wildman–Crippen MR) is 89.8 cm³/mol. The number of hydrogen-bond donors (Lipinski definition) is 0. The van der Waals surface area contributed by atoms with Gasteiger partial charge in [-0.2, -0.15) is 0 Å². The molecular weight excluding hydrogens is 404 g/mol. The number of nitrogens with zero attached hydrogens (tertiary/aromatic N) is 2. The van der Waals surface area contributed by atoms with Crippen LogP contribution < -0.4 is 11.2 Å². The average Bonchev–Trinajstić information content (AvgIpc) is 2.48. The monoisotopic (exact) mass is 416 g/mol. The molecule has 5 nitrogen and oxygen atoms in total. The Kier molecular flexibility index (Phi) is 5.86. The summed E-state index contributed by atoms with van der Waals surface area (Å²) in [6.45, 7) is 0. The lowest BCUT2D eigenvalue weighted by Gasteiger charge is -2.12. The van der Waals surface area contributed by atoms with E-state index in [2.05, 4.69) is 15.9 Å². The van der Waals surface area contributed by atoms with Crippen molar-refractivity contribution in [3.8, 4) is 0 Å². The Bertz CT molecular complexity index is 779. The van der Waals surface area contributed by atoms with Crippen LogP contribution in [-0.4, -0.2) is 14.9 Å². The van der Waals surface area contributed by atoms with Gasteiger partial charge in [0, 0.05) is 30.7 Å². The summed E-state index contributed by atoms with van der Waals surface area (Å²) in [4.78, 5) is 36.6. The van der Waals surface area contributed by atoms with Crippen LogP contribution in [0.15, 0.2) is 39.9 Å². The SMILES string of the molecule is Br.Cn1c(CBr)c(C(=O)c2ccccc2)c(=O)n(C)c1=O. The summed E-state index contributed by atoms with van der Waals surface area (Å²) in [5.41, 5.74) is -0.194. The molecule has 0 saturated heterocycles. The van der Waals surface area contributed by atoms with Crippen molar-refractivity contribution in [2.24, 2.45) is 14.1 Å². The molecule has 0 fully saturated rings. The molecule has 1 aromatic heterocycles. The van der Waals surface area contributed by atoms with E-state index in [4.69, 9.17) is 0 Å². The van der Waals surface area contributed by atoms with Gasteiger partial charge in [0.15, 0.2) is 5.78 Å². The van der Waals surface area contributed by atoms with Crippen LogP contribution in [0.5, 0.6) is 0 Å². The van der Waals surface area contributed by atoms with Gasteiger partial charge in [-0.15, -0.1) is 17.0 Å². The van der Waals surface area contributed by atoms with Gasteiger partial charge in [-0.25, -0.2) is 4.79 Å². The number of rotatable bonds is 3. The number of carbonyl (C=O) groups is 1. The van der Waals surface area contributed by atoms with E-state index < -0.39 is 11.2 Å². The molecule has 0 spiro atoms. The molecule has 112 valence electrons. The zero-order valence-corrected chi connectivity index (χ0v) is 14.8. The van der Waals surface area contributed by atoms with Gasteiger partial charge < -0.3 is 0 Å². The van der Waals surface area contributed by atoms with Gasteiger partial charge in [0.1, 0.15) is 5.56 Å². The number of hydrogen-bond acceptors (Lipinski definition) is 3. The molecule has 0 aliphatic carbocycles. The van der Waals surface area contributed by atoms with E-state index >= 15 is 0 Å². The number of halogens is 2. The maximum Gasteiger partial charge on any atom is 0.330 e. The lowest BCUT2D eigenvalue weighted by atomic mass is 10.0. The van der Waals surface area contributed by atoms with E-state index in [0.717, 1.165) is 4.57 Å². The molecule has 0 amide bonds. The second-order valence-corrected chi connectivity index (χ2v) is 4.92. The minimum absolute atomic E-state index is 0. The molecule has 2 aromatic rings. The fourth-order valence-corrected chi connectivity index (χ4v) is 2.66. The van der Waals surface area contributed by atoms with E-state index in [1.54, 1.807) is 37.4 Å². The molecule has 21 heavy (non-hydrogen) atoms. The van der Waals surface area contributed by atoms with Crippen molar-refractivity contribution in [1.29, 1.82) is 0 Å². The van der Waals surface area contributed by atoms with Gasteiger partial charge in [-0.3, -0.25) is 18.7 Å². The molecule has 0 aliphatic rings. The highest BCUT2D eigenvalue weighted by Gasteiger charge is 2.21. The Balaban J connectivity index is 0.00000220. The number of aromatic nitrogens is 2. The molecule has 0 N–H and O–H groups in total. The molecule has 0 atom stereocenters. The molecule has 1 aromatic carbocycles. The van der Waals surface area contributed by atoms with E-state index in [0.29, 0.717) is 11.3 Å². The first-order valence-electron chi connectivity index (χ1n) is 5.93. The number of alkyl halides is 1. The smallest absolute Gasteiger partial charge is 0.299 e. The largest absolute Gasteiger partial charge is 0.330 e. The first-order valence-corrected chi connectivity index (χ1v) is 7.05. The van der Waals surface area contributed by atoms with Gasteiger partial charge in [0.2, 0.25) is 0 Å². The van der Waals surface area contributed by atoms with Crippen molar-refractivity contribution in [1.82, 2.24) is 9.13 Å². The average molecular weight is 418 g/mol. The quantitative estimate of drug-likeness (QED) is 0.565. The maximum absolute atomic E-state index is 12.5. The van der Waals surface area contributed by atoms with Gasteiger partial charge in [-0.05, 0) is 0 Å². The molecule has 0 saturated carbocycles. The highest BCUT2D eigenvalue weighted by atomic mass is 79.9. The van der Waals surface area contributed by atoms with Crippen molar-refractivity contribution in [2.45, 2.75) is 5.33 Å². The summed E-state index contributed by atoms with van der Waals surface area (Å²) in [5.74, 6) is -0.378. The van der Waals surface area contributed by atoms with E-state index in [-0.39, 0.29) is 33.7 Å². The van der Waals surface area contributed by atoms with Crippen LogP contribution in [0.2, 0.25) is 0 Å². The Morgan fingerprint density at radius 3 is 2.19 bits per heavy atom. The highest BCUT2D eigenvalue weighted by Crippen LogP contribution is 2.12. The van der Waals surface area contributed by atoms with E-state index in [1.807, 2.05) is 0 Å². The summed E-state index contributed by atoms with van der Waals surface area (Å²) in [7, 11) is 2.91. The van der Waals surface area contributed by atoms with Crippen molar-refractivity contribution >= 4 is 38.7 Å². The maximum atomic E-state index is 12.5. The zero-order valence-electron chi connectivity index (χ0n) is 11.5. The zero-order chi connectivity index (χ0) is 14.9. The molecule has 2 rings (SSSR count). The topological polar surface area (TPSA) is 61.1 Å². The third kappa shape index (κ3) is 3.08. The van der Waals surface area contributed by atoms with Crippen molar-refractivity contribution in [2.75, 3.05) is 0 Å². The van der Waals surface area contributed by atoms with Crippen molar-refractivity contribution in [3.63, 3.8) is 0 Å². The molecule has 7 heteroatoms. The van der Waals surface area contributed by atoms with Crippen LogP contribution in [0.4, 0.5) is 0 Å². The third-order valence-corrected chi connectivity index (χ3v) is 3.71. The first-order chi connectivity index (χ1) is 9.49. The second-order valence-electron chi connectivity index (χ2n) is 4.36. The summed E-state index contributed by atoms with van der Waals surface area (Å²) in [6, 6.07) is 8.54. The van der Waals surface area contributed by atoms with Crippen LogP contribution in [0, 0.1) is 0 Å². The second kappa shape index (κ2) is 7.00. The summed E-state index contributed by atoms with van der Waals surface area (Å²) in [6.07, 6.45) is 0. The predicted octanol–water partition coefficient (Wildman–Crippen LogP) is 1.79. The number of benzene rings is 1. The molecule has 0 aliphatic heterocycles. The fourth-order valence-electron chi connectivity index (χ4n) is 2.00. The standard InChI is InChI=1S/C14H13BrN2O3.BrH/c1-16-10(8-15)11(13(19)17(2)14(16)20)12(18)9-6-4-3-5-7-9;/h3-7H,8H2,1-2H3;1H. The minimum atomic E-state index is -0.573. The van der Waals surface area contributed by atoms with Crippen LogP contribution in [0.1, 0.15) is 21.6 Å². The van der Waals surface area contributed by atoms with Crippen LogP contribution in [0.25, 0.3) is 0 Å². The third-order valence-electron chi connectivity index (χ3n) is 3.18. The molecule has 0 radical (unpaired) electrons. The lowest BCUT2D eigenvalue weighted by molar-refractivity contribution is 0.103. The minimum Gasteiger partial charge on any atom is -0.299 e. The molecular formula is C14H14Br2N2O3. The summed E-state index contributed by atoms with van der Waals surface area (Å²) in [5, 5.41) is 0.253. The van der Waals surface area contributed by atoms with Crippen LogP contribution in [0.3, 0.4) is 0 Å². The van der Waals surface area contributed by atoms with Gasteiger partial charge in [0.05, 0.1) is 0 Å². The van der Waals surface area contributed by atoms with Gasteiger partial charge in [-0.1, -0.05) is 46.3 Å². The van der Waals surface area contributed by atoms with Crippen LogP contribution >= 0.6 is 32.9 Å². The Morgan fingerprint density at radius 1 is 1.10 bits per heavy atom. The Morgan fingerprint density at radius 2 is 1.67 bits per heavy atom. The van der Waals surface area contributed by atoms with Crippen molar-refractivity contribution < 1.29 is 4.79 Å². The van der Waals surface area contributed by atoms with Gasteiger partial charge >= 0.3 is 5.69 Å². The molecule has 0 bridgehead atoms. The van der Waals surface area contributed by atoms with Crippen LogP contribution in [-0.2, 0) is 19.4 Å². The summed E-state index contributed by atoms with van der Waals surface area (Å²) < 4.78 is 2.26. The number of ketones is 1. The lowest BCUT2D eigenvalue weighted by Crippen LogP contribution is -2.42. The van der Waals surface area contributed by atoms with E-state index in [1.165, 1.54) is 11.6 Å². The highest BCUT2D eigenvalue weighted by molar-refractivity contribution is 9.08. The summed E-state index contributed by atoms with van der Waals surface area (Å²) >= 11 is 3.23. The number of carbonyl (C=O) groups excluding carboxylic acids is 1. The Labute approximate surface area is 140 Å². The molecule has 1 heterocycles.